The van der Waals surface area contributed by atoms with Crippen LogP contribution >= 0.6 is 0 Å². The number of hydrogen-bond donors (Lipinski definition) is 2. The molecule has 1 aromatic carbocycles. The van der Waals surface area contributed by atoms with E-state index in [0.717, 1.165) is 11.3 Å². The average Bonchev–Trinajstić information content (AvgIpc) is 2.44. The average molecular weight is 291 g/mol. The van der Waals surface area contributed by atoms with Crippen molar-refractivity contribution in [1.82, 2.24) is 5.32 Å². The number of carboxylic acid groups (broad SMARTS) is 1. The van der Waals surface area contributed by atoms with Gasteiger partial charge in [-0.25, -0.2) is 0 Å². The zero-order chi connectivity index (χ0) is 15.5. The van der Waals surface area contributed by atoms with E-state index >= 15 is 0 Å². The summed E-state index contributed by atoms with van der Waals surface area (Å²) in [5.74, 6) is -0.331. The second-order valence-corrected chi connectivity index (χ2v) is 6.09. The summed E-state index contributed by atoms with van der Waals surface area (Å²) in [6.45, 7) is 4.04. The third-order valence-corrected chi connectivity index (χ3v) is 3.68. The lowest BCUT2D eigenvalue weighted by Gasteiger charge is -2.30. The van der Waals surface area contributed by atoms with Crippen LogP contribution in [-0.2, 0) is 16.0 Å². The Morgan fingerprint density at radius 2 is 2.10 bits per heavy atom. The molecule has 5 heteroatoms. The van der Waals surface area contributed by atoms with Crippen LogP contribution in [0.1, 0.15) is 32.3 Å². The molecule has 0 spiro atoms. The van der Waals surface area contributed by atoms with Crippen LogP contribution in [-0.4, -0.2) is 29.1 Å². The molecule has 0 aromatic heterocycles. The maximum atomic E-state index is 12.3. The molecule has 1 aromatic rings. The van der Waals surface area contributed by atoms with Gasteiger partial charge < -0.3 is 15.2 Å². The predicted octanol–water partition coefficient (Wildman–Crippen LogP) is 2.00. The molecule has 114 valence electrons. The minimum atomic E-state index is -0.854. The van der Waals surface area contributed by atoms with Crippen LogP contribution in [0.2, 0.25) is 0 Å². The molecule has 2 N–H and O–H groups in total. The summed E-state index contributed by atoms with van der Waals surface area (Å²) in [5, 5.41) is 11.7. The van der Waals surface area contributed by atoms with E-state index in [1.165, 1.54) is 0 Å². The van der Waals surface area contributed by atoms with E-state index in [9.17, 15) is 9.59 Å². The van der Waals surface area contributed by atoms with Crippen molar-refractivity contribution in [3.8, 4) is 5.75 Å². The number of fused-ring (bicyclic) bond motifs is 1. The largest absolute Gasteiger partial charge is 0.492 e. The number of nitrogens with one attached hydrogen (secondary N) is 1. The first kappa shape index (κ1) is 15.4. The van der Waals surface area contributed by atoms with E-state index in [2.05, 4.69) is 5.32 Å². The highest BCUT2D eigenvalue weighted by Gasteiger charge is 2.29. The van der Waals surface area contributed by atoms with E-state index in [4.69, 9.17) is 9.84 Å². The summed E-state index contributed by atoms with van der Waals surface area (Å²) in [4.78, 5) is 23.0. The van der Waals surface area contributed by atoms with E-state index in [1.54, 1.807) is 0 Å². The van der Waals surface area contributed by atoms with Crippen molar-refractivity contribution >= 4 is 11.9 Å². The molecule has 0 aliphatic carbocycles. The number of carbonyl (C=O) groups is 2. The lowest BCUT2D eigenvalue weighted by atomic mass is 9.93. The van der Waals surface area contributed by atoms with Crippen molar-refractivity contribution in [2.24, 2.45) is 5.92 Å². The van der Waals surface area contributed by atoms with E-state index in [1.807, 2.05) is 38.1 Å². The van der Waals surface area contributed by atoms with Crippen LogP contribution in [0.4, 0.5) is 0 Å². The Hall–Kier alpha value is -2.04. The lowest BCUT2D eigenvalue weighted by molar-refractivity contribution is -0.138. The van der Waals surface area contributed by atoms with E-state index in [0.29, 0.717) is 19.4 Å². The zero-order valence-corrected chi connectivity index (χ0v) is 12.4. The van der Waals surface area contributed by atoms with Gasteiger partial charge in [-0.3, -0.25) is 9.59 Å². The molecule has 0 radical (unpaired) electrons. The van der Waals surface area contributed by atoms with E-state index in [-0.39, 0.29) is 18.2 Å². The van der Waals surface area contributed by atoms with Crippen molar-refractivity contribution in [3.05, 3.63) is 29.8 Å². The monoisotopic (exact) mass is 291 g/mol. The molecular weight excluding hydrogens is 270 g/mol. The molecule has 1 aliphatic rings. The number of aliphatic carboxylic acids is 1. The molecule has 5 nitrogen and oxygen atoms in total. The Morgan fingerprint density at radius 1 is 1.38 bits per heavy atom. The second-order valence-electron chi connectivity index (χ2n) is 6.09. The van der Waals surface area contributed by atoms with Gasteiger partial charge in [0.1, 0.15) is 12.4 Å². The third kappa shape index (κ3) is 4.21. The van der Waals surface area contributed by atoms with Crippen molar-refractivity contribution in [2.45, 2.75) is 38.6 Å². The van der Waals surface area contributed by atoms with Gasteiger partial charge in [0.25, 0.3) is 0 Å². The maximum absolute atomic E-state index is 12.3. The fraction of sp³-hybridized carbons (Fsp3) is 0.500. The third-order valence-electron chi connectivity index (χ3n) is 3.68. The summed E-state index contributed by atoms with van der Waals surface area (Å²) in [6, 6.07) is 7.71. The summed E-state index contributed by atoms with van der Waals surface area (Å²) >= 11 is 0. The number of carboxylic acids is 1. The van der Waals surface area contributed by atoms with Gasteiger partial charge >= 0.3 is 5.97 Å². The first-order valence-electron chi connectivity index (χ1n) is 7.12. The Bertz CT molecular complexity index is 539. The van der Waals surface area contributed by atoms with Crippen molar-refractivity contribution in [1.29, 1.82) is 0 Å². The second kappa shape index (κ2) is 6.16. The topological polar surface area (TPSA) is 75.6 Å². The van der Waals surface area contributed by atoms with Crippen LogP contribution in [0.5, 0.6) is 5.75 Å². The van der Waals surface area contributed by atoms with Crippen LogP contribution in [0, 0.1) is 5.92 Å². The number of hydrogen-bond acceptors (Lipinski definition) is 3. The smallest absolute Gasteiger partial charge is 0.303 e. The lowest BCUT2D eigenvalue weighted by Crippen LogP contribution is -2.48. The van der Waals surface area contributed by atoms with Crippen LogP contribution in [0.3, 0.4) is 0 Å². The Morgan fingerprint density at radius 3 is 2.81 bits per heavy atom. The number of ether oxygens (including phenoxy) is 1. The fourth-order valence-corrected chi connectivity index (χ4v) is 2.41. The van der Waals surface area contributed by atoms with Gasteiger partial charge in [0.05, 0.1) is 5.92 Å². The van der Waals surface area contributed by atoms with Crippen molar-refractivity contribution in [3.63, 3.8) is 0 Å². The quantitative estimate of drug-likeness (QED) is 0.870. The number of rotatable bonds is 5. The summed E-state index contributed by atoms with van der Waals surface area (Å²) in [6.07, 6.45) is 1.09. The van der Waals surface area contributed by atoms with Crippen LogP contribution < -0.4 is 10.1 Å². The standard InChI is InChI=1S/C16H21NO4/c1-16(2,8-7-14(18)19)17-15(20)12-9-11-5-3-4-6-13(11)21-10-12/h3-6,12H,7-10H2,1-2H3,(H,17,20)(H,18,19). The molecule has 0 saturated carbocycles. The van der Waals surface area contributed by atoms with Crippen LogP contribution in [0.25, 0.3) is 0 Å². The van der Waals surface area contributed by atoms with Crippen molar-refractivity contribution in [2.75, 3.05) is 6.61 Å². The molecule has 21 heavy (non-hydrogen) atoms. The van der Waals surface area contributed by atoms with Gasteiger partial charge in [-0.2, -0.15) is 0 Å². The first-order chi connectivity index (χ1) is 9.87. The van der Waals surface area contributed by atoms with Crippen molar-refractivity contribution < 1.29 is 19.4 Å². The Balaban J connectivity index is 1.94. The molecular formula is C16H21NO4. The van der Waals surface area contributed by atoms with Gasteiger partial charge in [-0.05, 0) is 38.3 Å². The fourth-order valence-electron chi connectivity index (χ4n) is 2.41. The molecule has 1 aliphatic heterocycles. The van der Waals surface area contributed by atoms with Gasteiger partial charge in [0.15, 0.2) is 0 Å². The van der Waals surface area contributed by atoms with E-state index < -0.39 is 11.5 Å². The number of carbonyl (C=O) groups excluding carboxylic acids is 1. The Labute approximate surface area is 124 Å². The highest BCUT2D eigenvalue weighted by atomic mass is 16.5. The number of para-hydroxylation sites is 1. The first-order valence-corrected chi connectivity index (χ1v) is 7.12. The molecule has 2 rings (SSSR count). The molecule has 0 bridgehead atoms. The molecule has 1 heterocycles. The zero-order valence-electron chi connectivity index (χ0n) is 12.4. The molecule has 1 atom stereocenters. The normalized spacial score (nSPS) is 17.5. The van der Waals surface area contributed by atoms with Gasteiger partial charge in [-0.1, -0.05) is 18.2 Å². The molecule has 1 unspecified atom stereocenters. The molecule has 1 amide bonds. The number of amides is 1. The summed E-state index contributed by atoms with van der Waals surface area (Å²) < 4.78 is 5.61. The van der Waals surface area contributed by atoms with Gasteiger partial charge in [0, 0.05) is 12.0 Å². The van der Waals surface area contributed by atoms with Gasteiger partial charge in [0.2, 0.25) is 5.91 Å². The minimum Gasteiger partial charge on any atom is -0.492 e. The number of benzene rings is 1. The molecule has 0 fully saturated rings. The highest BCUT2D eigenvalue weighted by molar-refractivity contribution is 5.80. The minimum absolute atomic E-state index is 0.0390. The molecule has 0 saturated heterocycles. The predicted molar refractivity (Wildman–Crippen MR) is 78.2 cm³/mol. The van der Waals surface area contributed by atoms with Crippen LogP contribution in [0.15, 0.2) is 24.3 Å². The SMILES string of the molecule is CC(C)(CCC(=O)O)NC(=O)C1COc2ccccc2C1. The maximum Gasteiger partial charge on any atom is 0.303 e. The Kier molecular flexibility index (Phi) is 4.50. The van der Waals surface area contributed by atoms with Gasteiger partial charge in [-0.15, -0.1) is 0 Å². The summed E-state index contributed by atoms with van der Waals surface area (Å²) in [7, 11) is 0. The summed E-state index contributed by atoms with van der Waals surface area (Å²) in [5.41, 5.74) is 0.499. The highest BCUT2D eigenvalue weighted by Crippen LogP contribution is 2.27.